The molecule has 0 fully saturated rings. The Kier molecular flexibility index (Phi) is 7.16. The van der Waals surface area contributed by atoms with Crippen LogP contribution in [0.4, 0.5) is 5.69 Å². The van der Waals surface area contributed by atoms with E-state index in [4.69, 9.17) is 4.74 Å². The number of benzene rings is 2. The lowest BCUT2D eigenvalue weighted by atomic mass is 10.1. The molecule has 0 saturated carbocycles. The number of anilines is 1. The standard InChI is InChI=1S/C23H24N2O3S/c1-3-28-16-18-10-5-4-9-17(18)15-24-22(26)19-11-6-7-12-20(19)25(2)23(27)21-13-8-14-29-21/h4-14H,3,15-16H2,1-2H3,(H,24,26). The zero-order valence-corrected chi connectivity index (χ0v) is 17.4. The molecule has 2 amide bonds. The molecule has 3 aromatic rings. The molecule has 150 valence electrons. The Balaban J connectivity index is 1.75. The molecule has 1 N–H and O–H groups in total. The molecule has 0 atom stereocenters. The number of carbonyl (C=O) groups is 2. The zero-order chi connectivity index (χ0) is 20.6. The predicted octanol–water partition coefficient (Wildman–Crippen LogP) is 4.49. The third kappa shape index (κ3) is 5.10. The minimum Gasteiger partial charge on any atom is -0.377 e. The Labute approximate surface area is 174 Å². The topological polar surface area (TPSA) is 58.6 Å². The number of amides is 2. The first-order valence-corrected chi connectivity index (χ1v) is 10.3. The number of nitrogens with one attached hydrogen (secondary N) is 1. The monoisotopic (exact) mass is 408 g/mol. The number of carbonyl (C=O) groups excluding carboxylic acids is 2. The largest absolute Gasteiger partial charge is 0.377 e. The number of ether oxygens (including phenoxy) is 1. The summed E-state index contributed by atoms with van der Waals surface area (Å²) < 4.78 is 5.51. The van der Waals surface area contributed by atoms with Gasteiger partial charge in [-0.2, -0.15) is 0 Å². The Morgan fingerprint density at radius 3 is 2.45 bits per heavy atom. The average molecular weight is 409 g/mol. The second-order valence-electron chi connectivity index (χ2n) is 6.45. The van der Waals surface area contributed by atoms with Gasteiger partial charge in [-0.15, -0.1) is 11.3 Å². The smallest absolute Gasteiger partial charge is 0.268 e. The lowest BCUT2D eigenvalue weighted by Gasteiger charge is -2.20. The van der Waals surface area contributed by atoms with E-state index in [2.05, 4.69) is 5.32 Å². The van der Waals surface area contributed by atoms with Crippen molar-refractivity contribution < 1.29 is 14.3 Å². The number of hydrogen-bond acceptors (Lipinski definition) is 4. The van der Waals surface area contributed by atoms with E-state index in [1.165, 1.54) is 16.2 Å². The van der Waals surface area contributed by atoms with Gasteiger partial charge >= 0.3 is 0 Å². The quantitative estimate of drug-likeness (QED) is 0.597. The second-order valence-corrected chi connectivity index (χ2v) is 7.39. The summed E-state index contributed by atoms with van der Waals surface area (Å²) in [6, 6.07) is 18.6. The molecule has 0 spiro atoms. The number of rotatable bonds is 8. The number of para-hydroxylation sites is 1. The van der Waals surface area contributed by atoms with Gasteiger partial charge in [0.15, 0.2) is 0 Å². The van der Waals surface area contributed by atoms with Gasteiger partial charge in [0, 0.05) is 20.2 Å². The summed E-state index contributed by atoms with van der Waals surface area (Å²) >= 11 is 1.38. The van der Waals surface area contributed by atoms with Gasteiger partial charge in [-0.1, -0.05) is 42.5 Å². The van der Waals surface area contributed by atoms with Crippen molar-refractivity contribution in [3.63, 3.8) is 0 Å². The van der Waals surface area contributed by atoms with Gasteiger partial charge < -0.3 is 15.0 Å². The van der Waals surface area contributed by atoms with Crippen LogP contribution in [-0.2, 0) is 17.9 Å². The summed E-state index contributed by atoms with van der Waals surface area (Å²) in [6.45, 7) is 3.49. The minimum absolute atomic E-state index is 0.137. The molecule has 3 rings (SSSR count). The Morgan fingerprint density at radius 2 is 1.72 bits per heavy atom. The zero-order valence-electron chi connectivity index (χ0n) is 16.6. The van der Waals surface area contributed by atoms with Crippen molar-refractivity contribution in [1.29, 1.82) is 0 Å². The lowest BCUT2D eigenvalue weighted by molar-refractivity contribution is 0.0950. The molecule has 0 radical (unpaired) electrons. The van der Waals surface area contributed by atoms with Crippen LogP contribution in [0.1, 0.15) is 38.1 Å². The summed E-state index contributed by atoms with van der Waals surface area (Å²) in [5, 5.41) is 4.83. The highest BCUT2D eigenvalue weighted by atomic mass is 32.1. The highest BCUT2D eigenvalue weighted by Gasteiger charge is 2.20. The molecular weight excluding hydrogens is 384 g/mol. The highest BCUT2D eigenvalue weighted by molar-refractivity contribution is 7.12. The molecule has 6 heteroatoms. The van der Waals surface area contributed by atoms with Crippen LogP contribution >= 0.6 is 11.3 Å². The van der Waals surface area contributed by atoms with Crippen LogP contribution in [0.25, 0.3) is 0 Å². The van der Waals surface area contributed by atoms with Crippen molar-refractivity contribution in [2.45, 2.75) is 20.1 Å². The van der Waals surface area contributed by atoms with Gasteiger partial charge in [-0.3, -0.25) is 9.59 Å². The molecule has 0 aliphatic carbocycles. The maximum absolute atomic E-state index is 12.9. The van der Waals surface area contributed by atoms with Gasteiger partial charge in [0.05, 0.1) is 22.7 Å². The number of hydrogen-bond donors (Lipinski definition) is 1. The molecule has 29 heavy (non-hydrogen) atoms. The van der Waals surface area contributed by atoms with E-state index in [0.717, 1.165) is 11.1 Å². The summed E-state index contributed by atoms with van der Waals surface area (Å²) in [4.78, 5) is 27.7. The maximum Gasteiger partial charge on any atom is 0.268 e. The van der Waals surface area contributed by atoms with Crippen molar-refractivity contribution in [2.75, 3.05) is 18.6 Å². The molecular formula is C23H24N2O3S. The second kappa shape index (κ2) is 10.0. The number of nitrogens with zero attached hydrogens (tertiary/aromatic N) is 1. The highest BCUT2D eigenvalue weighted by Crippen LogP contribution is 2.23. The number of thiophene rings is 1. The Morgan fingerprint density at radius 1 is 1.00 bits per heavy atom. The van der Waals surface area contributed by atoms with Gasteiger partial charge in [0.25, 0.3) is 11.8 Å². The van der Waals surface area contributed by atoms with Crippen LogP contribution in [-0.4, -0.2) is 25.5 Å². The van der Waals surface area contributed by atoms with Gasteiger partial charge in [0.1, 0.15) is 0 Å². The fraction of sp³-hybridized carbons (Fsp3) is 0.217. The van der Waals surface area contributed by atoms with Crippen molar-refractivity contribution in [2.24, 2.45) is 0 Å². The molecule has 0 aliphatic rings. The fourth-order valence-electron chi connectivity index (χ4n) is 2.99. The summed E-state index contributed by atoms with van der Waals surface area (Å²) in [5.41, 5.74) is 3.09. The van der Waals surface area contributed by atoms with Crippen molar-refractivity contribution in [3.8, 4) is 0 Å². The van der Waals surface area contributed by atoms with Crippen molar-refractivity contribution in [1.82, 2.24) is 5.32 Å². The summed E-state index contributed by atoms with van der Waals surface area (Å²) in [5.74, 6) is -0.361. The third-order valence-corrected chi connectivity index (χ3v) is 5.42. The van der Waals surface area contributed by atoms with E-state index >= 15 is 0 Å². The molecule has 2 aromatic carbocycles. The lowest BCUT2D eigenvalue weighted by Crippen LogP contribution is -2.30. The normalized spacial score (nSPS) is 10.6. The van der Waals surface area contributed by atoms with E-state index in [9.17, 15) is 9.59 Å². The van der Waals surface area contributed by atoms with E-state index in [-0.39, 0.29) is 11.8 Å². The first kappa shape index (κ1) is 20.8. The molecule has 0 bridgehead atoms. The Hall–Kier alpha value is -2.96. The molecule has 1 heterocycles. The van der Waals surface area contributed by atoms with Crippen LogP contribution in [0.3, 0.4) is 0 Å². The molecule has 0 saturated heterocycles. The van der Waals surface area contributed by atoms with Gasteiger partial charge in [0.2, 0.25) is 0 Å². The molecule has 1 aromatic heterocycles. The summed E-state index contributed by atoms with van der Waals surface area (Å²) in [7, 11) is 1.69. The Bertz CT molecular complexity index is 970. The van der Waals surface area contributed by atoms with Crippen LogP contribution in [0, 0.1) is 0 Å². The SMILES string of the molecule is CCOCc1ccccc1CNC(=O)c1ccccc1N(C)C(=O)c1cccs1. The predicted molar refractivity (Wildman–Crippen MR) is 116 cm³/mol. The van der Waals surface area contributed by atoms with Crippen molar-refractivity contribution >= 4 is 28.8 Å². The van der Waals surface area contributed by atoms with Crippen LogP contribution < -0.4 is 10.2 Å². The van der Waals surface area contributed by atoms with Crippen LogP contribution in [0.5, 0.6) is 0 Å². The van der Waals surface area contributed by atoms with Gasteiger partial charge in [-0.05, 0) is 41.6 Å². The first-order chi connectivity index (χ1) is 14.1. The molecule has 0 aliphatic heterocycles. The van der Waals surface area contributed by atoms with Crippen LogP contribution in [0.15, 0.2) is 66.0 Å². The summed E-state index contributed by atoms with van der Waals surface area (Å²) in [6.07, 6.45) is 0. The fourth-order valence-corrected chi connectivity index (χ4v) is 3.69. The van der Waals surface area contributed by atoms with Crippen molar-refractivity contribution in [3.05, 3.63) is 87.6 Å². The maximum atomic E-state index is 12.9. The minimum atomic E-state index is -0.224. The van der Waals surface area contributed by atoms with Gasteiger partial charge in [-0.25, -0.2) is 0 Å². The van der Waals surface area contributed by atoms with E-state index in [0.29, 0.717) is 35.9 Å². The molecule has 5 nitrogen and oxygen atoms in total. The third-order valence-electron chi connectivity index (χ3n) is 4.57. The first-order valence-electron chi connectivity index (χ1n) is 9.45. The van der Waals surface area contributed by atoms with E-state index in [1.54, 1.807) is 31.3 Å². The average Bonchev–Trinajstić information content (AvgIpc) is 3.30. The molecule has 0 unspecified atom stereocenters. The van der Waals surface area contributed by atoms with E-state index in [1.807, 2.05) is 48.7 Å². The van der Waals surface area contributed by atoms with E-state index < -0.39 is 0 Å². The van der Waals surface area contributed by atoms with Crippen LogP contribution in [0.2, 0.25) is 0 Å².